The zero-order chi connectivity index (χ0) is 16.3. The van der Waals surface area contributed by atoms with Crippen LogP contribution in [0.5, 0.6) is 0 Å². The monoisotopic (exact) mass is 328 g/mol. The first-order chi connectivity index (χ1) is 10.8. The zero-order valence-electron chi connectivity index (χ0n) is 15.3. The summed E-state index contributed by atoms with van der Waals surface area (Å²) in [5, 5.41) is 0.803. The van der Waals surface area contributed by atoms with E-state index in [1.54, 1.807) is 0 Å². The fraction of sp³-hybridized carbons (Fsp3) is 0.950. The molecule has 0 aliphatic carbocycles. The molecular formula is C20H40OS. The highest BCUT2D eigenvalue weighted by molar-refractivity contribution is 7.80. The van der Waals surface area contributed by atoms with E-state index in [4.69, 9.17) is 17.0 Å². The first-order valence-corrected chi connectivity index (χ1v) is 10.4. The highest BCUT2D eigenvalue weighted by atomic mass is 32.1. The molecule has 132 valence electrons. The molecule has 0 unspecified atom stereocenters. The topological polar surface area (TPSA) is 9.23 Å². The third-order valence-corrected chi connectivity index (χ3v) is 4.61. The predicted octanol–water partition coefficient (Wildman–Crippen LogP) is 7.61. The van der Waals surface area contributed by atoms with E-state index in [0.29, 0.717) is 0 Å². The second kappa shape index (κ2) is 18.9. The molecule has 22 heavy (non-hydrogen) atoms. The van der Waals surface area contributed by atoms with Gasteiger partial charge in [0.05, 0.1) is 6.61 Å². The highest BCUT2D eigenvalue weighted by Gasteiger charge is 1.97. The minimum absolute atomic E-state index is 0.720. The average Bonchev–Trinajstić information content (AvgIpc) is 2.51. The van der Waals surface area contributed by atoms with E-state index in [2.05, 4.69) is 6.92 Å². The Morgan fingerprint density at radius 3 is 1.32 bits per heavy atom. The summed E-state index contributed by atoms with van der Waals surface area (Å²) in [4.78, 5) is 0. The average molecular weight is 329 g/mol. The van der Waals surface area contributed by atoms with Crippen LogP contribution in [0.4, 0.5) is 0 Å². The van der Waals surface area contributed by atoms with Crippen LogP contribution in [0.25, 0.3) is 0 Å². The third-order valence-electron chi connectivity index (χ3n) is 4.29. The van der Waals surface area contributed by atoms with Gasteiger partial charge >= 0.3 is 0 Å². The standard InChI is InChI=1S/C20H40OS/c1-3-5-6-7-8-9-10-11-12-13-14-15-16-17-18-19-20(22)21-4-2/h3-19H2,1-2H3. The molecule has 0 aliphatic heterocycles. The molecule has 0 rings (SSSR count). The molecule has 0 amide bonds. The Labute approximate surface area is 145 Å². The second-order valence-electron chi connectivity index (χ2n) is 6.50. The SMILES string of the molecule is CCCCCCCCCCCCCCCCCC(=S)OCC. The lowest BCUT2D eigenvalue weighted by Crippen LogP contribution is -2.00. The van der Waals surface area contributed by atoms with E-state index >= 15 is 0 Å². The maximum absolute atomic E-state index is 5.29. The summed E-state index contributed by atoms with van der Waals surface area (Å²) >= 11 is 5.13. The number of hydrogen-bond donors (Lipinski definition) is 0. The molecule has 1 nitrogen and oxygen atoms in total. The molecule has 0 saturated carbocycles. The Morgan fingerprint density at radius 2 is 0.955 bits per heavy atom. The number of hydrogen-bond acceptors (Lipinski definition) is 2. The van der Waals surface area contributed by atoms with Crippen LogP contribution in [0.15, 0.2) is 0 Å². The molecule has 0 heterocycles. The number of rotatable bonds is 17. The Hall–Kier alpha value is -0.110. The highest BCUT2D eigenvalue weighted by Crippen LogP contribution is 2.13. The van der Waals surface area contributed by atoms with Crippen LogP contribution in [0, 0.1) is 0 Å². The van der Waals surface area contributed by atoms with Crippen molar-refractivity contribution < 1.29 is 4.74 Å². The van der Waals surface area contributed by atoms with Crippen molar-refractivity contribution in [2.24, 2.45) is 0 Å². The van der Waals surface area contributed by atoms with E-state index in [1.807, 2.05) is 6.92 Å². The molecule has 0 radical (unpaired) electrons. The lowest BCUT2D eigenvalue weighted by molar-refractivity contribution is 0.325. The van der Waals surface area contributed by atoms with Crippen LogP contribution in [-0.2, 0) is 4.74 Å². The molecule has 2 heteroatoms. The molecule has 0 aromatic rings. The minimum Gasteiger partial charge on any atom is -0.487 e. The maximum atomic E-state index is 5.29. The van der Waals surface area contributed by atoms with Crippen molar-refractivity contribution in [3.05, 3.63) is 0 Å². The quantitative estimate of drug-likeness (QED) is 0.201. The van der Waals surface area contributed by atoms with E-state index in [-0.39, 0.29) is 0 Å². The van der Waals surface area contributed by atoms with Gasteiger partial charge in [-0.1, -0.05) is 96.8 Å². The largest absolute Gasteiger partial charge is 0.487 e. The number of thiocarbonyl (C=S) groups is 1. The smallest absolute Gasteiger partial charge is 0.159 e. The molecule has 0 bridgehead atoms. The van der Waals surface area contributed by atoms with Crippen LogP contribution >= 0.6 is 12.2 Å². The van der Waals surface area contributed by atoms with Gasteiger partial charge in [0, 0.05) is 6.42 Å². The van der Waals surface area contributed by atoms with Crippen LogP contribution in [-0.4, -0.2) is 11.7 Å². The Bertz CT molecular complexity index is 228. The summed E-state index contributed by atoms with van der Waals surface area (Å²) in [5.74, 6) is 0. The van der Waals surface area contributed by atoms with E-state index in [1.165, 1.54) is 96.3 Å². The molecule has 0 saturated heterocycles. The summed E-state index contributed by atoms with van der Waals surface area (Å²) in [6, 6.07) is 0. The molecule has 0 atom stereocenters. The number of unbranched alkanes of at least 4 members (excludes halogenated alkanes) is 14. The summed E-state index contributed by atoms with van der Waals surface area (Å²) in [6.07, 6.45) is 22.1. The van der Waals surface area contributed by atoms with Crippen molar-refractivity contribution in [2.75, 3.05) is 6.61 Å². The van der Waals surface area contributed by atoms with Gasteiger partial charge in [-0.25, -0.2) is 0 Å². The van der Waals surface area contributed by atoms with Crippen LogP contribution in [0.2, 0.25) is 0 Å². The summed E-state index contributed by atoms with van der Waals surface area (Å²) in [5.41, 5.74) is 0. The van der Waals surface area contributed by atoms with Crippen LogP contribution in [0.3, 0.4) is 0 Å². The van der Waals surface area contributed by atoms with Gasteiger partial charge in [-0.2, -0.15) is 0 Å². The summed E-state index contributed by atoms with van der Waals surface area (Å²) in [7, 11) is 0. The predicted molar refractivity (Wildman–Crippen MR) is 104 cm³/mol. The van der Waals surface area contributed by atoms with E-state index in [0.717, 1.165) is 18.1 Å². The third kappa shape index (κ3) is 17.9. The van der Waals surface area contributed by atoms with Crippen molar-refractivity contribution in [3.63, 3.8) is 0 Å². The van der Waals surface area contributed by atoms with Gasteiger partial charge in [0.2, 0.25) is 0 Å². The molecule has 0 aliphatic rings. The number of ether oxygens (including phenoxy) is 1. The fourth-order valence-electron chi connectivity index (χ4n) is 2.87. The lowest BCUT2D eigenvalue weighted by atomic mass is 10.0. The molecule has 0 spiro atoms. The van der Waals surface area contributed by atoms with Crippen LogP contribution < -0.4 is 0 Å². The summed E-state index contributed by atoms with van der Waals surface area (Å²) in [6.45, 7) is 5.01. The first kappa shape index (κ1) is 21.9. The molecule has 0 fully saturated rings. The van der Waals surface area contributed by atoms with E-state index in [9.17, 15) is 0 Å². The van der Waals surface area contributed by atoms with Gasteiger partial charge < -0.3 is 4.74 Å². The van der Waals surface area contributed by atoms with E-state index < -0.39 is 0 Å². The van der Waals surface area contributed by atoms with Crippen molar-refractivity contribution in [2.45, 2.75) is 117 Å². The van der Waals surface area contributed by atoms with Gasteiger partial charge in [-0.3, -0.25) is 0 Å². The summed E-state index contributed by atoms with van der Waals surface area (Å²) < 4.78 is 5.29. The molecule has 0 aromatic carbocycles. The van der Waals surface area contributed by atoms with Gasteiger partial charge in [0.15, 0.2) is 5.05 Å². The van der Waals surface area contributed by atoms with Gasteiger partial charge in [0.25, 0.3) is 0 Å². The van der Waals surface area contributed by atoms with Crippen molar-refractivity contribution in [3.8, 4) is 0 Å². The minimum atomic E-state index is 0.720. The normalized spacial score (nSPS) is 10.8. The zero-order valence-corrected chi connectivity index (χ0v) is 16.2. The van der Waals surface area contributed by atoms with Gasteiger partial charge in [-0.05, 0) is 25.6 Å². The molecule has 0 aromatic heterocycles. The van der Waals surface area contributed by atoms with Crippen molar-refractivity contribution in [1.29, 1.82) is 0 Å². The van der Waals surface area contributed by atoms with Crippen molar-refractivity contribution in [1.82, 2.24) is 0 Å². The molecule has 0 N–H and O–H groups in total. The Balaban J connectivity index is 3.01. The maximum Gasteiger partial charge on any atom is 0.159 e. The van der Waals surface area contributed by atoms with Crippen molar-refractivity contribution >= 4 is 17.3 Å². The fourth-order valence-corrected chi connectivity index (χ4v) is 3.14. The Morgan fingerprint density at radius 1 is 0.591 bits per heavy atom. The Kier molecular flexibility index (Phi) is 18.8. The second-order valence-corrected chi connectivity index (χ2v) is 6.96. The molecular weight excluding hydrogens is 288 g/mol. The first-order valence-electron chi connectivity index (χ1n) is 9.96. The lowest BCUT2D eigenvalue weighted by Gasteiger charge is -2.05. The van der Waals surface area contributed by atoms with Crippen LogP contribution in [0.1, 0.15) is 117 Å². The van der Waals surface area contributed by atoms with Gasteiger partial charge in [-0.15, -0.1) is 0 Å². The van der Waals surface area contributed by atoms with Gasteiger partial charge in [0.1, 0.15) is 0 Å².